The number of rotatable bonds is 3. The van der Waals surface area contributed by atoms with Gasteiger partial charge in [-0.1, -0.05) is 6.92 Å². The summed E-state index contributed by atoms with van der Waals surface area (Å²) in [6, 6.07) is 6.25. The summed E-state index contributed by atoms with van der Waals surface area (Å²) in [5, 5.41) is 16.3. The van der Waals surface area contributed by atoms with Crippen LogP contribution in [0.25, 0.3) is 27.3 Å². The SMILES string of the molecule is CCc1c(C)sc2ncn3nc(-c4ccc([N+](=O)[O-])cc4)nc3c12. The molecule has 3 heterocycles. The maximum Gasteiger partial charge on any atom is 0.269 e. The highest BCUT2D eigenvalue weighted by Gasteiger charge is 2.16. The predicted octanol–water partition coefficient (Wildman–Crippen LogP) is 3.79. The second-order valence-electron chi connectivity index (χ2n) is 5.42. The van der Waals surface area contributed by atoms with Gasteiger partial charge in [-0.25, -0.2) is 14.5 Å². The number of hydrogen-bond acceptors (Lipinski definition) is 6. The minimum absolute atomic E-state index is 0.0494. The highest BCUT2D eigenvalue weighted by molar-refractivity contribution is 7.18. The van der Waals surface area contributed by atoms with Gasteiger partial charge in [-0.15, -0.1) is 16.4 Å². The summed E-state index contributed by atoms with van der Waals surface area (Å²) in [4.78, 5) is 21.7. The summed E-state index contributed by atoms with van der Waals surface area (Å²) < 4.78 is 1.67. The molecule has 0 bridgehead atoms. The van der Waals surface area contributed by atoms with Gasteiger partial charge in [0.25, 0.3) is 5.69 Å². The number of nitro benzene ring substituents is 1. The highest BCUT2D eigenvalue weighted by Crippen LogP contribution is 2.32. The molecule has 0 saturated heterocycles. The van der Waals surface area contributed by atoms with E-state index in [9.17, 15) is 10.1 Å². The summed E-state index contributed by atoms with van der Waals surface area (Å²) in [5.74, 6) is 0.533. The van der Waals surface area contributed by atoms with Crippen LogP contribution in [0.15, 0.2) is 30.6 Å². The summed E-state index contributed by atoms with van der Waals surface area (Å²) >= 11 is 1.66. The van der Waals surface area contributed by atoms with Crippen LogP contribution in [0.2, 0.25) is 0 Å². The Labute approximate surface area is 140 Å². The van der Waals surface area contributed by atoms with E-state index in [2.05, 4.69) is 28.9 Å². The van der Waals surface area contributed by atoms with Crippen molar-refractivity contribution in [3.05, 3.63) is 51.1 Å². The van der Waals surface area contributed by atoms with Crippen molar-refractivity contribution in [2.45, 2.75) is 20.3 Å². The van der Waals surface area contributed by atoms with Gasteiger partial charge in [-0.05, 0) is 31.0 Å². The van der Waals surface area contributed by atoms with Crippen LogP contribution in [0.5, 0.6) is 0 Å². The number of non-ortho nitro benzene ring substituents is 1. The smallest absolute Gasteiger partial charge is 0.258 e. The molecule has 3 aromatic heterocycles. The Morgan fingerprint density at radius 3 is 2.71 bits per heavy atom. The first-order valence-electron chi connectivity index (χ1n) is 7.46. The third kappa shape index (κ3) is 2.15. The number of fused-ring (bicyclic) bond motifs is 3. The molecule has 7 nitrogen and oxygen atoms in total. The molecule has 8 heteroatoms. The molecule has 4 aromatic rings. The summed E-state index contributed by atoms with van der Waals surface area (Å²) in [6.07, 6.45) is 2.57. The van der Waals surface area contributed by atoms with Gasteiger partial charge in [0.15, 0.2) is 11.5 Å². The molecule has 0 amide bonds. The molecule has 0 unspecified atom stereocenters. The van der Waals surface area contributed by atoms with Crippen LogP contribution in [0.3, 0.4) is 0 Å². The number of nitro groups is 1. The maximum atomic E-state index is 10.8. The van der Waals surface area contributed by atoms with Crippen LogP contribution in [-0.4, -0.2) is 24.5 Å². The van der Waals surface area contributed by atoms with Crippen LogP contribution in [0.4, 0.5) is 5.69 Å². The van der Waals surface area contributed by atoms with Crippen molar-refractivity contribution in [2.24, 2.45) is 0 Å². The molecule has 0 aliphatic heterocycles. The van der Waals surface area contributed by atoms with E-state index in [1.54, 1.807) is 34.3 Å². The van der Waals surface area contributed by atoms with E-state index in [-0.39, 0.29) is 5.69 Å². The van der Waals surface area contributed by atoms with Crippen LogP contribution >= 0.6 is 11.3 Å². The first kappa shape index (κ1) is 14.7. The van der Waals surface area contributed by atoms with E-state index in [4.69, 9.17) is 0 Å². The summed E-state index contributed by atoms with van der Waals surface area (Å²) in [5.41, 5.74) is 2.81. The molecular formula is C16H13N5O2S. The number of aryl methyl sites for hydroxylation is 2. The largest absolute Gasteiger partial charge is 0.269 e. The van der Waals surface area contributed by atoms with Crippen LogP contribution in [-0.2, 0) is 6.42 Å². The average Bonchev–Trinajstić information content (AvgIpc) is 3.14. The van der Waals surface area contributed by atoms with Crippen molar-refractivity contribution in [2.75, 3.05) is 0 Å². The number of nitrogens with zero attached hydrogens (tertiary/aromatic N) is 5. The third-order valence-electron chi connectivity index (χ3n) is 4.02. The van der Waals surface area contributed by atoms with E-state index in [0.29, 0.717) is 5.82 Å². The average molecular weight is 339 g/mol. The maximum absolute atomic E-state index is 10.8. The molecule has 0 N–H and O–H groups in total. The summed E-state index contributed by atoms with van der Waals surface area (Å²) in [6.45, 7) is 4.21. The number of aromatic nitrogens is 4. The van der Waals surface area contributed by atoms with Crippen molar-refractivity contribution in [1.82, 2.24) is 19.6 Å². The molecule has 1 aromatic carbocycles. The second kappa shape index (κ2) is 5.34. The topological polar surface area (TPSA) is 86.2 Å². The van der Waals surface area contributed by atoms with Crippen LogP contribution in [0, 0.1) is 17.0 Å². The van der Waals surface area contributed by atoms with E-state index >= 15 is 0 Å². The zero-order valence-corrected chi connectivity index (χ0v) is 13.9. The van der Waals surface area contributed by atoms with Crippen molar-refractivity contribution in [3.8, 4) is 11.4 Å². The van der Waals surface area contributed by atoms with Crippen molar-refractivity contribution >= 4 is 32.9 Å². The molecule has 0 spiro atoms. The van der Waals surface area contributed by atoms with Gasteiger partial charge >= 0.3 is 0 Å². The number of benzene rings is 1. The molecule has 0 aliphatic rings. The zero-order valence-electron chi connectivity index (χ0n) is 13.1. The molecule has 120 valence electrons. The Morgan fingerprint density at radius 1 is 1.29 bits per heavy atom. The lowest BCUT2D eigenvalue weighted by molar-refractivity contribution is -0.384. The molecule has 4 rings (SSSR count). The molecule has 0 radical (unpaired) electrons. The lowest BCUT2D eigenvalue weighted by atomic mass is 10.1. The van der Waals surface area contributed by atoms with E-state index in [0.717, 1.165) is 27.8 Å². The van der Waals surface area contributed by atoms with Gasteiger partial charge in [-0.3, -0.25) is 10.1 Å². The minimum Gasteiger partial charge on any atom is -0.258 e. The van der Waals surface area contributed by atoms with E-state index < -0.39 is 4.92 Å². The van der Waals surface area contributed by atoms with Crippen molar-refractivity contribution in [1.29, 1.82) is 0 Å². The Balaban J connectivity index is 1.92. The molecule has 0 aliphatic carbocycles. The molecular weight excluding hydrogens is 326 g/mol. The fourth-order valence-corrected chi connectivity index (χ4v) is 3.92. The quantitative estimate of drug-likeness (QED) is 0.419. The Morgan fingerprint density at radius 2 is 2.04 bits per heavy atom. The fraction of sp³-hybridized carbons (Fsp3) is 0.188. The summed E-state index contributed by atoms with van der Waals surface area (Å²) in [7, 11) is 0. The van der Waals surface area contributed by atoms with Crippen LogP contribution < -0.4 is 0 Å². The lowest BCUT2D eigenvalue weighted by Gasteiger charge is -1.96. The minimum atomic E-state index is -0.421. The standard InChI is InChI=1S/C16H13N5O2S/c1-3-12-9(2)24-16-13(12)15-18-14(19-20(15)8-17-16)10-4-6-11(7-5-10)21(22)23/h4-8H,3H2,1-2H3. The highest BCUT2D eigenvalue weighted by atomic mass is 32.1. The lowest BCUT2D eigenvalue weighted by Crippen LogP contribution is -1.91. The van der Waals surface area contributed by atoms with Gasteiger partial charge in [0.2, 0.25) is 0 Å². The van der Waals surface area contributed by atoms with Gasteiger partial charge in [-0.2, -0.15) is 0 Å². The normalized spacial score (nSPS) is 11.4. The molecule has 0 saturated carbocycles. The van der Waals surface area contributed by atoms with E-state index in [1.165, 1.54) is 22.6 Å². The van der Waals surface area contributed by atoms with Gasteiger partial charge in [0.1, 0.15) is 11.2 Å². The van der Waals surface area contributed by atoms with E-state index in [1.807, 2.05) is 0 Å². The first-order valence-corrected chi connectivity index (χ1v) is 8.28. The first-order chi connectivity index (χ1) is 11.6. The predicted molar refractivity (Wildman–Crippen MR) is 92.4 cm³/mol. The number of thiophene rings is 1. The zero-order chi connectivity index (χ0) is 16.8. The Kier molecular flexibility index (Phi) is 3.27. The third-order valence-corrected chi connectivity index (χ3v) is 5.07. The molecule has 24 heavy (non-hydrogen) atoms. The van der Waals surface area contributed by atoms with Gasteiger partial charge < -0.3 is 0 Å². The monoisotopic (exact) mass is 339 g/mol. The second-order valence-corrected chi connectivity index (χ2v) is 6.63. The van der Waals surface area contributed by atoms with Gasteiger partial charge in [0.05, 0.1) is 10.3 Å². The fourth-order valence-electron chi connectivity index (χ4n) is 2.85. The van der Waals surface area contributed by atoms with Crippen molar-refractivity contribution in [3.63, 3.8) is 0 Å². The number of hydrogen-bond donors (Lipinski definition) is 0. The molecule has 0 atom stereocenters. The molecule has 0 fully saturated rings. The van der Waals surface area contributed by atoms with Gasteiger partial charge in [0, 0.05) is 22.6 Å². The Bertz CT molecular complexity index is 1080. The van der Waals surface area contributed by atoms with Crippen LogP contribution in [0.1, 0.15) is 17.4 Å². The Hall–Kier alpha value is -2.87. The van der Waals surface area contributed by atoms with Crippen molar-refractivity contribution < 1.29 is 4.92 Å².